The van der Waals surface area contributed by atoms with Gasteiger partial charge in [-0.05, 0) is 49.4 Å². The Morgan fingerprint density at radius 2 is 1.97 bits per heavy atom. The molecule has 7 nitrogen and oxygen atoms in total. The van der Waals surface area contributed by atoms with E-state index < -0.39 is 0 Å². The van der Waals surface area contributed by atoms with Crippen molar-refractivity contribution in [3.05, 3.63) is 44.5 Å². The molecule has 3 aromatic rings. The Morgan fingerprint density at radius 1 is 1.15 bits per heavy atom. The maximum absolute atomic E-state index is 12.7. The number of hydrogen-bond donors (Lipinski definition) is 2. The van der Waals surface area contributed by atoms with E-state index >= 15 is 0 Å². The second-order valence-electron chi connectivity index (χ2n) is 8.29. The molecule has 174 valence electrons. The molecule has 0 spiro atoms. The summed E-state index contributed by atoms with van der Waals surface area (Å²) in [6.45, 7) is 3.93. The second kappa shape index (κ2) is 10.1. The fourth-order valence-electron chi connectivity index (χ4n) is 4.31. The highest BCUT2D eigenvalue weighted by molar-refractivity contribution is 7.19. The topological polar surface area (TPSA) is 79.4 Å². The summed E-state index contributed by atoms with van der Waals surface area (Å²) in [5.41, 5.74) is 1.82. The molecule has 1 aromatic carbocycles. The van der Waals surface area contributed by atoms with Crippen LogP contribution in [0.3, 0.4) is 0 Å². The van der Waals surface area contributed by atoms with E-state index in [9.17, 15) is 4.79 Å². The van der Waals surface area contributed by atoms with E-state index in [0.717, 1.165) is 61.0 Å². The third-order valence-electron chi connectivity index (χ3n) is 5.95. The number of fused-ring (bicyclic) bond motifs is 3. The lowest BCUT2D eigenvalue weighted by Gasteiger charge is -2.25. The highest BCUT2D eigenvalue weighted by atomic mass is 35.5. The number of carbonyl (C=O) groups excluding carboxylic acids is 1. The average Bonchev–Trinajstić information content (AvgIpc) is 3.19. The largest absolute Gasteiger partial charge is 0.379 e. The van der Waals surface area contributed by atoms with Crippen LogP contribution in [-0.4, -0.2) is 53.6 Å². The summed E-state index contributed by atoms with van der Waals surface area (Å²) in [5, 5.41) is 8.12. The Labute approximate surface area is 206 Å². The van der Waals surface area contributed by atoms with E-state index in [4.69, 9.17) is 37.9 Å². The quantitative estimate of drug-likeness (QED) is 0.502. The number of thiophene rings is 1. The number of aromatic nitrogens is 2. The van der Waals surface area contributed by atoms with E-state index in [2.05, 4.69) is 15.5 Å². The number of amides is 1. The normalized spacial score (nSPS) is 16.5. The molecule has 0 radical (unpaired) electrons. The number of anilines is 2. The molecule has 0 bridgehead atoms. The van der Waals surface area contributed by atoms with Crippen molar-refractivity contribution >= 4 is 62.2 Å². The molecule has 3 heterocycles. The summed E-state index contributed by atoms with van der Waals surface area (Å²) in [4.78, 5) is 27.1. The lowest BCUT2D eigenvalue weighted by atomic mass is 9.97. The highest BCUT2D eigenvalue weighted by Gasteiger charge is 2.22. The van der Waals surface area contributed by atoms with Crippen molar-refractivity contribution in [1.29, 1.82) is 0 Å². The standard InChI is InChI=1S/C23H25Cl2N5O2S/c24-14-5-6-16(25)17(11-14)27-20(31)12-26-22-21-15-3-1-2-4-18(15)33-23(21)29-19(28-22)13-30-7-9-32-10-8-30/h5-6,11H,1-4,7-10,12-13H2,(H,27,31)(H,26,28,29). The van der Waals surface area contributed by atoms with Crippen molar-refractivity contribution in [3.63, 3.8) is 0 Å². The predicted octanol–water partition coefficient (Wildman–Crippen LogP) is 4.76. The number of hydrogen-bond acceptors (Lipinski definition) is 7. The Kier molecular flexibility index (Phi) is 6.99. The molecule has 2 aromatic heterocycles. The molecule has 2 aliphatic rings. The zero-order chi connectivity index (χ0) is 22.8. The van der Waals surface area contributed by atoms with Crippen LogP contribution < -0.4 is 10.6 Å². The zero-order valence-electron chi connectivity index (χ0n) is 18.1. The van der Waals surface area contributed by atoms with E-state index in [1.165, 1.54) is 23.3 Å². The number of nitrogens with zero attached hydrogens (tertiary/aromatic N) is 3. The second-order valence-corrected chi connectivity index (χ2v) is 10.2. The average molecular weight is 506 g/mol. The van der Waals surface area contributed by atoms with Crippen molar-refractivity contribution in [2.24, 2.45) is 0 Å². The van der Waals surface area contributed by atoms with Gasteiger partial charge in [-0.2, -0.15) is 0 Å². The Bertz CT molecular complexity index is 1180. The number of halogens is 2. The van der Waals surface area contributed by atoms with Crippen LogP contribution in [0, 0.1) is 0 Å². The van der Waals surface area contributed by atoms with E-state index in [1.807, 2.05) is 0 Å². The van der Waals surface area contributed by atoms with Crippen molar-refractivity contribution in [2.45, 2.75) is 32.2 Å². The van der Waals surface area contributed by atoms with Gasteiger partial charge >= 0.3 is 0 Å². The maximum atomic E-state index is 12.7. The van der Waals surface area contributed by atoms with Crippen LogP contribution in [0.5, 0.6) is 0 Å². The van der Waals surface area contributed by atoms with Crippen LogP contribution in [0.4, 0.5) is 11.5 Å². The van der Waals surface area contributed by atoms with E-state index in [0.29, 0.717) is 22.3 Å². The fraction of sp³-hybridized carbons (Fsp3) is 0.435. The van der Waals surface area contributed by atoms with Crippen LogP contribution in [0.2, 0.25) is 10.0 Å². The molecule has 33 heavy (non-hydrogen) atoms. The molecule has 5 rings (SSSR count). The van der Waals surface area contributed by atoms with Gasteiger partial charge in [-0.25, -0.2) is 9.97 Å². The predicted molar refractivity (Wildman–Crippen MR) is 134 cm³/mol. The monoisotopic (exact) mass is 505 g/mol. The van der Waals surface area contributed by atoms with Gasteiger partial charge < -0.3 is 15.4 Å². The minimum atomic E-state index is -0.218. The van der Waals surface area contributed by atoms with Gasteiger partial charge in [-0.1, -0.05) is 23.2 Å². The first-order chi connectivity index (χ1) is 16.1. The summed E-state index contributed by atoms with van der Waals surface area (Å²) in [6.07, 6.45) is 4.49. The summed E-state index contributed by atoms with van der Waals surface area (Å²) < 4.78 is 5.46. The zero-order valence-corrected chi connectivity index (χ0v) is 20.5. The highest BCUT2D eigenvalue weighted by Crippen LogP contribution is 2.38. The number of benzene rings is 1. The first kappa shape index (κ1) is 22.8. The third kappa shape index (κ3) is 5.25. The molecular formula is C23H25Cl2N5O2S. The first-order valence-corrected chi connectivity index (χ1v) is 12.7. The molecule has 1 amide bonds. The number of ether oxygens (including phenoxy) is 1. The summed E-state index contributed by atoms with van der Waals surface area (Å²) >= 11 is 14.0. The number of aryl methyl sites for hydroxylation is 2. The molecule has 0 atom stereocenters. The van der Waals surface area contributed by atoms with Crippen LogP contribution in [0.25, 0.3) is 10.2 Å². The SMILES string of the molecule is O=C(CNc1nc(CN2CCOCC2)nc2sc3c(c12)CCCC3)Nc1cc(Cl)ccc1Cl. The molecule has 1 aliphatic heterocycles. The van der Waals surface area contributed by atoms with Crippen LogP contribution in [0.15, 0.2) is 18.2 Å². The lowest BCUT2D eigenvalue weighted by Crippen LogP contribution is -2.36. The molecule has 1 saturated heterocycles. The number of carbonyl (C=O) groups is 1. The Balaban J connectivity index is 1.39. The fourth-order valence-corrected chi connectivity index (χ4v) is 5.93. The van der Waals surface area contributed by atoms with Crippen molar-refractivity contribution in [3.8, 4) is 0 Å². The van der Waals surface area contributed by atoms with Crippen LogP contribution in [0.1, 0.15) is 29.1 Å². The minimum absolute atomic E-state index is 0.0660. The van der Waals surface area contributed by atoms with Crippen LogP contribution in [-0.2, 0) is 28.9 Å². The van der Waals surface area contributed by atoms with E-state index in [1.54, 1.807) is 29.5 Å². The van der Waals surface area contributed by atoms with Gasteiger partial charge in [0, 0.05) is 23.0 Å². The smallest absolute Gasteiger partial charge is 0.243 e. The van der Waals surface area contributed by atoms with Gasteiger partial charge in [-0.3, -0.25) is 9.69 Å². The molecule has 2 N–H and O–H groups in total. The molecule has 1 fully saturated rings. The number of rotatable bonds is 6. The van der Waals surface area contributed by atoms with Crippen molar-refractivity contribution < 1.29 is 9.53 Å². The van der Waals surface area contributed by atoms with Crippen LogP contribution >= 0.6 is 34.5 Å². The van der Waals surface area contributed by atoms with Gasteiger partial charge in [-0.15, -0.1) is 11.3 Å². The van der Waals surface area contributed by atoms with Gasteiger partial charge in [0.05, 0.1) is 42.4 Å². The van der Waals surface area contributed by atoms with Crippen molar-refractivity contribution in [1.82, 2.24) is 14.9 Å². The number of morpholine rings is 1. The Hall–Kier alpha value is -1.97. The molecular weight excluding hydrogens is 481 g/mol. The maximum Gasteiger partial charge on any atom is 0.243 e. The van der Waals surface area contributed by atoms with Crippen molar-refractivity contribution in [2.75, 3.05) is 43.5 Å². The minimum Gasteiger partial charge on any atom is -0.379 e. The lowest BCUT2D eigenvalue weighted by molar-refractivity contribution is -0.114. The molecule has 1 aliphatic carbocycles. The van der Waals surface area contributed by atoms with Gasteiger partial charge in [0.2, 0.25) is 5.91 Å². The summed E-state index contributed by atoms with van der Waals surface area (Å²) in [7, 11) is 0. The summed E-state index contributed by atoms with van der Waals surface area (Å²) in [6, 6.07) is 4.99. The molecule has 0 saturated carbocycles. The van der Waals surface area contributed by atoms with Gasteiger partial charge in [0.25, 0.3) is 0 Å². The van der Waals surface area contributed by atoms with E-state index in [-0.39, 0.29) is 12.5 Å². The first-order valence-electron chi connectivity index (χ1n) is 11.2. The van der Waals surface area contributed by atoms with Gasteiger partial charge in [0.15, 0.2) is 0 Å². The summed E-state index contributed by atoms with van der Waals surface area (Å²) in [5.74, 6) is 1.28. The van der Waals surface area contributed by atoms with Gasteiger partial charge in [0.1, 0.15) is 16.5 Å². The number of nitrogens with one attached hydrogen (secondary N) is 2. The third-order valence-corrected chi connectivity index (χ3v) is 7.70. The molecule has 0 unspecified atom stereocenters. The Morgan fingerprint density at radius 3 is 2.82 bits per heavy atom. The molecule has 10 heteroatoms.